The van der Waals surface area contributed by atoms with Crippen molar-refractivity contribution in [3.8, 4) is 5.75 Å². The topological polar surface area (TPSA) is 96.9 Å². The lowest BCUT2D eigenvalue weighted by Gasteiger charge is -2.18. The average molecular weight is 426 g/mol. The number of carbonyl (C=O) groups is 1. The highest BCUT2D eigenvalue weighted by Crippen LogP contribution is 2.23. The van der Waals surface area contributed by atoms with Crippen LogP contribution in [0.4, 0.5) is 5.82 Å². The molecule has 166 valence electrons. The van der Waals surface area contributed by atoms with Crippen molar-refractivity contribution in [1.29, 1.82) is 0 Å². The molecule has 8 heteroatoms. The monoisotopic (exact) mass is 425 g/mol. The number of ether oxygens (including phenoxy) is 2. The van der Waals surface area contributed by atoms with Crippen LogP contribution in [0.5, 0.6) is 5.75 Å². The van der Waals surface area contributed by atoms with E-state index in [1.165, 1.54) is 0 Å². The number of guanidine groups is 1. The summed E-state index contributed by atoms with van der Waals surface area (Å²) in [7, 11) is 1.70. The zero-order valence-electron chi connectivity index (χ0n) is 18.4. The molecule has 3 N–H and O–H groups in total. The molecule has 1 aromatic carbocycles. The van der Waals surface area contributed by atoms with Crippen molar-refractivity contribution >= 4 is 17.7 Å². The summed E-state index contributed by atoms with van der Waals surface area (Å²) in [6.07, 6.45) is 1.31. The van der Waals surface area contributed by atoms with Gasteiger partial charge in [0.05, 0.1) is 13.2 Å². The Morgan fingerprint density at radius 3 is 2.87 bits per heavy atom. The second-order valence-electron chi connectivity index (χ2n) is 7.53. The first-order valence-electron chi connectivity index (χ1n) is 10.6. The number of aromatic nitrogens is 1. The Labute approximate surface area is 183 Å². The lowest BCUT2D eigenvalue weighted by Crippen LogP contribution is -2.38. The second kappa shape index (κ2) is 11.3. The number of benzene rings is 1. The summed E-state index contributed by atoms with van der Waals surface area (Å²) in [6.45, 7) is 6.32. The van der Waals surface area contributed by atoms with Gasteiger partial charge in [-0.05, 0) is 37.6 Å². The molecule has 0 radical (unpaired) electrons. The van der Waals surface area contributed by atoms with Crippen LogP contribution in [0.25, 0.3) is 0 Å². The maximum absolute atomic E-state index is 12.1. The van der Waals surface area contributed by atoms with E-state index >= 15 is 0 Å². The van der Waals surface area contributed by atoms with E-state index in [1.54, 1.807) is 13.1 Å². The van der Waals surface area contributed by atoms with Crippen LogP contribution in [0.1, 0.15) is 29.7 Å². The Balaban J connectivity index is 1.46. The van der Waals surface area contributed by atoms with Crippen molar-refractivity contribution in [2.24, 2.45) is 4.99 Å². The molecule has 0 saturated carbocycles. The predicted molar refractivity (Wildman–Crippen MR) is 121 cm³/mol. The number of nitrogens with zero attached hydrogens (tertiary/aromatic N) is 2. The molecule has 0 bridgehead atoms. The molecule has 0 spiro atoms. The van der Waals surface area contributed by atoms with Crippen LogP contribution in [0, 0.1) is 13.8 Å². The molecule has 8 nitrogen and oxygen atoms in total. The third kappa shape index (κ3) is 7.25. The van der Waals surface area contributed by atoms with Gasteiger partial charge in [0.2, 0.25) is 5.91 Å². The molecule has 1 unspecified atom stereocenters. The third-order valence-electron chi connectivity index (χ3n) is 4.87. The molecule has 1 aliphatic rings. The van der Waals surface area contributed by atoms with E-state index < -0.39 is 0 Å². The Hall–Kier alpha value is -3.13. The van der Waals surface area contributed by atoms with Gasteiger partial charge >= 0.3 is 0 Å². The number of carbonyl (C=O) groups excluding carboxylic acids is 1. The first kappa shape index (κ1) is 22.6. The summed E-state index contributed by atoms with van der Waals surface area (Å²) >= 11 is 0. The zero-order valence-corrected chi connectivity index (χ0v) is 18.4. The summed E-state index contributed by atoms with van der Waals surface area (Å²) in [5.41, 5.74) is 3.05. The van der Waals surface area contributed by atoms with E-state index in [0.29, 0.717) is 37.9 Å². The maximum atomic E-state index is 12.1. The van der Waals surface area contributed by atoms with Gasteiger partial charge in [0.1, 0.15) is 17.7 Å². The SMILES string of the molecule is CN=C(NCCC(=O)Nc1cccc(C)n1)NCc1ccc(C)cc1OC1CCOC1. The van der Waals surface area contributed by atoms with Gasteiger partial charge in [-0.1, -0.05) is 18.2 Å². The highest BCUT2D eigenvalue weighted by atomic mass is 16.5. The van der Waals surface area contributed by atoms with Crippen LogP contribution in [-0.2, 0) is 16.1 Å². The van der Waals surface area contributed by atoms with Crippen LogP contribution < -0.4 is 20.7 Å². The first-order valence-corrected chi connectivity index (χ1v) is 10.6. The van der Waals surface area contributed by atoms with E-state index in [0.717, 1.165) is 35.6 Å². The molecular weight excluding hydrogens is 394 g/mol. The van der Waals surface area contributed by atoms with Gasteiger partial charge < -0.3 is 25.4 Å². The Kier molecular flexibility index (Phi) is 8.23. The molecular formula is C23H31N5O3. The van der Waals surface area contributed by atoms with Crippen molar-refractivity contribution in [3.05, 3.63) is 53.2 Å². The first-order chi connectivity index (χ1) is 15.0. The van der Waals surface area contributed by atoms with Crippen molar-refractivity contribution in [1.82, 2.24) is 15.6 Å². The molecule has 1 aromatic heterocycles. The number of anilines is 1. The Morgan fingerprint density at radius 1 is 1.26 bits per heavy atom. The summed E-state index contributed by atoms with van der Waals surface area (Å²) < 4.78 is 11.6. The van der Waals surface area contributed by atoms with Gasteiger partial charge in [0.25, 0.3) is 0 Å². The molecule has 3 rings (SSSR count). The molecule has 1 atom stereocenters. The fraction of sp³-hybridized carbons (Fsp3) is 0.435. The quantitative estimate of drug-likeness (QED) is 0.444. The van der Waals surface area contributed by atoms with Crippen molar-refractivity contribution in [2.75, 3.05) is 32.1 Å². The van der Waals surface area contributed by atoms with Gasteiger partial charge in [-0.15, -0.1) is 0 Å². The molecule has 2 heterocycles. The Bertz CT molecular complexity index is 910. The van der Waals surface area contributed by atoms with Crippen molar-refractivity contribution < 1.29 is 14.3 Å². The van der Waals surface area contributed by atoms with Gasteiger partial charge in [0, 0.05) is 44.2 Å². The molecule has 31 heavy (non-hydrogen) atoms. The van der Waals surface area contributed by atoms with E-state index in [1.807, 2.05) is 26.0 Å². The molecule has 1 aliphatic heterocycles. The summed E-state index contributed by atoms with van der Waals surface area (Å²) in [5, 5.41) is 9.26. The van der Waals surface area contributed by atoms with Gasteiger partial charge in [-0.3, -0.25) is 9.79 Å². The minimum Gasteiger partial charge on any atom is -0.488 e. The minimum absolute atomic E-state index is 0.0967. The minimum atomic E-state index is -0.103. The van der Waals surface area contributed by atoms with Crippen LogP contribution in [-0.4, -0.2) is 49.8 Å². The number of hydrogen-bond acceptors (Lipinski definition) is 5. The van der Waals surface area contributed by atoms with Crippen LogP contribution in [0.3, 0.4) is 0 Å². The maximum Gasteiger partial charge on any atom is 0.227 e. The third-order valence-corrected chi connectivity index (χ3v) is 4.87. The van der Waals surface area contributed by atoms with Gasteiger partial charge in [-0.2, -0.15) is 0 Å². The number of amides is 1. The van der Waals surface area contributed by atoms with Crippen LogP contribution in [0.2, 0.25) is 0 Å². The molecule has 1 saturated heterocycles. The summed E-state index contributed by atoms with van der Waals surface area (Å²) in [4.78, 5) is 20.7. The predicted octanol–water partition coefficient (Wildman–Crippen LogP) is 2.56. The van der Waals surface area contributed by atoms with E-state index in [4.69, 9.17) is 9.47 Å². The summed E-state index contributed by atoms with van der Waals surface area (Å²) in [6, 6.07) is 11.7. The van der Waals surface area contributed by atoms with E-state index in [-0.39, 0.29) is 12.0 Å². The number of pyridine rings is 1. The fourth-order valence-corrected chi connectivity index (χ4v) is 3.21. The van der Waals surface area contributed by atoms with E-state index in [9.17, 15) is 4.79 Å². The molecule has 2 aromatic rings. The van der Waals surface area contributed by atoms with Gasteiger partial charge in [-0.25, -0.2) is 4.98 Å². The normalized spacial score (nSPS) is 16.1. The Morgan fingerprint density at radius 2 is 2.13 bits per heavy atom. The van der Waals surface area contributed by atoms with Gasteiger partial charge in [0.15, 0.2) is 5.96 Å². The zero-order chi connectivity index (χ0) is 22.1. The lowest BCUT2D eigenvalue weighted by atomic mass is 10.1. The number of aliphatic imine (C=N–C) groups is 1. The van der Waals surface area contributed by atoms with E-state index in [2.05, 4.69) is 44.1 Å². The highest BCUT2D eigenvalue weighted by Gasteiger charge is 2.18. The largest absolute Gasteiger partial charge is 0.488 e. The average Bonchev–Trinajstić information content (AvgIpc) is 3.25. The lowest BCUT2D eigenvalue weighted by molar-refractivity contribution is -0.116. The number of hydrogen-bond donors (Lipinski definition) is 3. The van der Waals surface area contributed by atoms with Crippen molar-refractivity contribution in [3.63, 3.8) is 0 Å². The summed E-state index contributed by atoms with van der Waals surface area (Å²) in [5.74, 6) is 1.95. The number of aryl methyl sites for hydroxylation is 2. The molecule has 1 amide bonds. The highest BCUT2D eigenvalue weighted by molar-refractivity contribution is 5.90. The van der Waals surface area contributed by atoms with Crippen LogP contribution >= 0.6 is 0 Å². The number of rotatable bonds is 8. The smallest absolute Gasteiger partial charge is 0.227 e. The molecule has 0 aliphatic carbocycles. The molecule has 1 fully saturated rings. The second-order valence-corrected chi connectivity index (χ2v) is 7.53. The number of nitrogens with one attached hydrogen (secondary N) is 3. The van der Waals surface area contributed by atoms with Crippen LogP contribution in [0.15, 0.2) is 41.4 Å². The van der Waals surface area contributed by atoms with Crippen molar-refractivity contribution in [2.45, 2.75) is 39.3 Å². The fourth-order valence-electron chi connectivity index (χ4n) is 3.21. The standard InChI is InChI=1S/C23H31N5O3/c1-16-7-8-18(20(13-16)31-19-10-12-30-15-19)14-26-23(24-3)25-11-9-22(29)28-21-6-4-5-17(2)27-21/h4-8,13,19H,9-12,14-15H2,1-3H3,(H2,24,25,26)(H,27,28,29).